The molecule has 4 rings (SSSR count). The number of rotatable bonds is 8. The summed E-state index contributed by atoms with van der Waals surface area (Å²) < 4.78 is 0. The number of carbonyl (C=O) groups excluding carboxylic acids is 2. The van der Waals surface area contributed by atoms with E-state index in [9.17, 15) is 9.59 Å². The predicted octanol–water partition coefficient (Wildman–Crippen LogP) is 4.09. The lowest BCUT2D eigenvalue weighted by Gasteiger charge is -2.30. The number of benzene rings is 2. The van der Waals surface area contributed by atoms with E-state index in [1.165, 1.54) is 11.8 Å². The van der Waals surface area contributed by atoms with Gasteiger partial charge in [-0.05, 0) is 56.3 Å². The first-order valence-corrected chi connectivity index (χ1v) is 12.4. The molecule has 0 bridgehead atoms. The number of nitrogens with one attached hydrogen (secondary N) is 3. The minimum absolute atomic E-state index is 0.0463. The third-order valence-electron chi connectivity index (χ3n) is 5.42. The summed E-state index contributed by atoms with van der Waals surface area (Å²) >= 11 is 13.5. The summed E-state index contributed by atoms with van der Waals surface area (Å²) in [4.78, 5) is 28.3. The molecule has 1 aliphatic heterocycles. The molecule has 0 spiro atoms. The summed E-state index contributed by atoms with van der Waals surface area (Å²) in [5, 5.41) is 20.6. The number of carbonyl (C=O) groups is 2. The van der Waals surface area contributed by atoms with Crippen LogP contribution in [0.15, 0.2) is 47.4 Å². The summed E-state index contributed by atoms with van der Waals surface area (Å²) in [6.45, 7) is 1.60. The highest BCUT2D eigenvalue weighted by molar-refractivity contribution is 7.98. The fourth-order valence-electron chi connectivity index (χ4n) is 3.65. The molecule has 2 amide bonds. The van der Waals surface area contributed by atoms with Crippen LogP contribution >= 0.6 is 35.0 Å². The molecule has 1 fully saturated rings. The van der Waals surface area contributed by atoms with Crippen molar-refractivity contribution in [2.24, 2.45) is 5.92 Å². The van der Waals surface area contributed by atoms with Crippen molar-refractivity contribution in [3.63, 3.8) is 0 Å². The Morgan fingerprint density at radius 3 is 2.62 bits per heavy atom. The molecule has 3 N–H and O–H groups in total. The molecule has 2 aromatic carbocycles. The van der Waals surface area contributed by atoms with Crippen LogP contribution in [0.3, 0.4) is 0 Å². The van der Waals surface area contributed by atoms with Gasteiger partial charge < -0.3 is 10.6 Å². The number of aromatic nitrogens is 4. The van der Waals surface area contributed by atoms with Gasteiger partial charge in [0.1, 0.15) is 0 Å². The van der Waals surface area contributed by atoms with Gasteiger partial charge in [0.15, 0.2) is 5.82 Å². The maximum Gasteiger partial charge on any atom is 0.238 e. The molecule has 1 saturated heterocycles. The zero-order valence-corrected chi connectivity index (χ0v) is 20.5. The summed E-state index contributed by atoms with van der Waals surface area (Å²) in [6, 6.07) is 12.6. The van der Waals surface area contributed by atoms with Crippen LogP contribution in [0.5, 0.6) is 0 Å². The number of hydrogen-bond donors (Lipinski definition) is 3. The van der Waals surface area contributed by atoms with Gasteiger partial charge in [-0.15, -0.1) is 22.0 Å². The molecular weight excluding hydrogens is 497 g/mol. The average Bonchev–Trinajstić information content (AvgIpc) is 3.35. The highest BCUT2D eigenvalue weighted by Crippen LogP contribution is 2.29. The van der Waals surface area contributed by atoms with Crippen molar-refractivity contribution in [1.29, 1.82) is 0 Å². The highest BCUT2D eigenvalue weighted by Gasteiger charge is 2.26. The third kappa shape index (κ3) is 6.69. The number of tetrazole rings is 1. The number of thioether (sulfide) groups is 1. The van der Waals surface area contributed by atoms with Gasteiger partial charge in [-0.1, -0.05) is 40.5 Å². The van der Waals surface area contributed by atoms with Crippen LogP contribution in [0.2, 0.25) is 10.0 Å². The van der Waals surface area contributed by atoms with Crippen molar-refractivity contribution < 1.29 is 9.59 Å². The lowest BCUT2D eigenvalue weighted by molar-refractivity contribution is -0.121. The van der Waals surface area contributed by atoms with E-state index in [0.717, 1.165) is 10.6 Å². The van der Waals surface area contributed by atoms with Gasteiger partial charge >= 0.3 is 0 Å². The van der Waals surface area contributed by atoms with Gasteiger partial charge in [-0.3, -0.25) is 14.5 Å². The standard InChI is InChI=1S/C22H23Cl2N7O2S/c23-16-6-5-15(11-17(16)24)25-22(33)14-7-9-31(10-8-14)12-21(32)26-18-3-1-2-4-19(18)34-13-20-27-29-30-28-20/h1-6,11,14H,7-10,12-13H2,(H,25,33)(H,26,32)(H,27,28,29,30). The van der Waals surface area contributed by atoms with E-state index < -0.39 is 0 Å². The van der Waals surface area contributed by atoms with Gasteiger partial charge in [0.25, 0.3) is 0 Å². The van der Waals surface area contributed by atoms with E-state index >= 15 is 0 Å². The van der Waals surface area contributed by atoms with E-state index in [-0.39, 0.29) is 24.3 Å². The summed E-state index contributed by atoms with van der Waals surface area (Å²) in [6.07, 6.45) is 1.36. The van der Waals surface area contributed by atoms with Crippen LogP contribution in [0.4, 0.5) is 11.4 Å². The Bertz CT molecular complexity index is 1140. The van der Waals surface area contributed by atoms with Crippen LogP contribution in [0.25, 0.3) is 0 Å². The first-order valence-electron chi connectivity index (χ1n) is 10.7. The second-order valence-electron chi connectivity index (χ2n) is 7.83. The number of para-hydroxylation sites is 1. The SMILES string of the molecule is O=C(CN1CCC(C(=O)Nc2ccc(Cl)c(Cl)c2)CC1)Nc1ccccc1SCc1nn[nH]n1. The Morgan fingerprint density at radius 1 is 1.09 bits per heavy atom. The van der Waals surface area contributed by atoms with Crippen molar-refractivity contribution in [3.8, 4) is 0 Å². The molecule has 0 radical (unpaired) electrons. The zero-order chi connectivity index (χ0) is 23.9. The number of nitrogens with zero attached hydrogens (tertiary/aromatic N) is 4. The summed E-state index contributed by atoms with van der Waals surface area (Å²) in [5.41, 5.74) is 1.37. The number of amides is 2. The molecular formula is C22H23Cl2N7O2S. The smallest absolute Gasteiger partial charge is 0.238 e. The predicted molar refractivity (Wildman–Crippen MR) is 133 cm³/mol. The molecule has 9 nitrogen and oxygen atoms in total. The van der Waals surface area contributed by atoms with Crippen molar-refractivity contribution >= 4 is 58.2 Å². The number of halogens is 2. The van der Waals surface area contributed by atoms with Crippen molar-refractivity contribution in [1.82, 2.24) is 25.5 Å². The summed E-state index contributed by atoms with van der Waals surface area (Å²) in [5.74, 6) is 0.885. The van der Waals surface area contributed by atoms with E-state index in [2.05, 4.69) is 36.2 Å². The topological polar surface area (TPSA) is 116 Å². The molecule has 0 atom stereocenters. The molecule has 12 heteroatoms. The lowest BCUT2D eigenvalue weighted by atomic mass is 9.96. The van der Waals surface area contributed by atoms with Gasteiger partial charge in [0.05, 0.1) is 28.0 Å². The van der Waals surface area contributed by atoms with Crippen molar-refractivity contribution in [2.75, 3.05) is 30.3 Å². The lowest BCUT2D eigenvalue weighted by Crippen LogP contribution is -2.41. The second-order valence-corrected chi connectivity index (χ2v) is 9.66. The number of likely N-dealkylation sites (tertiary alicyclic amines) is 1. The number of piperidine rings is 1. The van der Waals surface area contributed by atoms with Gasteiger partial charge in [0.2, 0.25) is 11.8 Å². The molecule has 0 saturated carbocycles. The van der Waals surface area contributed by atoms with Crippen LogP contribution in [-0.2, 0) is 15.3 Å². The van der Waals surface area contributed by atoms with E-state index in [1.807, 2.05) is 24.3 Å². The first kappa shape index (κ1) is 24.5. The number of H-pyrrole nitrogens is 1. The zero-order valence-electron chi connectivity index (χ0n) is 18.1. The molecule has 0 aliphatic carbocycles. The molecule has 1 aromatic heterocycles. The van der Waals surface area contributed by atoms with Crippen molar-refractivity contribution in [3.05, 3.63) is 58.3 Å². The Hall–Kier alpha value is -2.66. The maximum absolute atomic E-state index is 12.7. The van der Waals surface area contributed by atoms with Crippen LogP contribution in [-0.4, -0.2) is 57.0 Å². The van der Waals surface area contributed by atoms with E-state index in [4.69, 9.17) is 23.2 Å². The fourth-order valence-corrected chi connectivity index (χ4v) is 4.80. The molecule has 3 aromatic rings. The van der Waals surface area contributed by atoms with E-state index in [1.54, 1.807) is 18.2 Å². The minimum Gasteiger partial charge on any atom is -0.326 e. The number of anilines is 2. The second kappa shape index (κ2) is 11.7. The van der Waals surface area contributed by atoms with Gasteiger partial charge in [-0.25, -0.2) is 0 Å². The molecule has 34 heavy (non-hydrogen) atoms. The quantitative estimate of drug-likeness (QED) is 0.383. The maximum atomic E-state index is 12.7. The van der Waals surface area contributed by atoms with Crippen LogP contribution in [0.1, 0.15) is 18.7 Å². The van der Waals surface area contributed by atoms with Gasteiger partial charge in [0, 0.05) is 16.5 Å². The van der Waals surface area contributed by atoms with Crippen molar-refractivity contribution in [2.45, 2.75) is 23.5 Å². The Kier molecular flexibility index (Phi) is 8.39. The molecule has 1 aliphatic rings. The Labute approximate surface area is 211 Å². The molecule has 178 valence electrons. The average molecular weight is 520 g/mol. The van der Waals surface area contributed by atoms with Crippen LogP contribution in [0, 0.1) is 5.92 Å². The Morgan fingerprint density at radius 2 is 1.88 bits per heavy atom. The monoisotopic (exact) mass is 519 g/mol. The van der Waals surface area contributed by atoms with Crippen LogP contribution < -0.4 is 10.6 Å². The number of hydrogen-bond acceptors (Lipinski definition) is 7. The molecule has 2 heterocycles. The summed E-state index contributed by atoms with van der Waals surface area (Å²) in [7, 11) is 0. The first-order chi connectivity index (χ1) is 16.5. The third-order valence-corrected chi connectivity index (χ3v) is 7.23. The largest absolute Gasteiger partial charge is 0.326 e. The van der Waals surface area contributed by atoms with E-state index in [0.29, 0.717) is 53.2 Å². The highest BCUT2D eigenvalue weighted by atomic mass is 35.5. The normalized spacial score (nSPS) is 14.6. The Balaban J connectivity index is 1.24. The minimum atomic E-state index is -0.115. The molecule has 0 unspecified atom stereocenters. The number of aromatic amines is 1. The fraction of sp³-hybridized carbons (Fsp3) is 0.318. The van der Waals surface area contributed by atoms with Gasteiger partial charge in [-0.2, -0.15) is 5.21 Å².